The van der Waals surface area contributed by atoms with Crippen LogP contribution in [0.3, 0.4) is 0 Å². The molecule has 2 aromatic rings. The largest absolute Gasteiger partial charge is 0.255 e. The van der Waals surface area contributed by atoms with Gasteiger partial charge in [-0.05, 0) is 11.1 Å². The van der Waals surface area contributed by atoms with Crippen LogP contribution in [0, 0.1) is 0 Å². The van der Waals surface area contributed by atoms with Gasteiger partial charge in [0, 0.05) is 19.6 Å². The Balaban J connectivity index is 2.00. The van der Waals surface area contributed by atoms with Gasteiger partial charge in [-0.3, -0.25) is 5.43 Å². The van der Waals surface area contributed by atoms with Crippen molar-refractivity contribution in [1.82, 2.24) is 10.4 Å². The van der Waals surface area contributed by atoms with Crippen LogP contribution in [0.1, 0.15) is 18.1 Å². The van der Waals surface area contributed by atoms with Gasteiger partial charge in [-0.1, -0.05) is 67.6 Å². The van der Waals surface area contributed by atoms with Gasteiger partial charge in [-0.25, -0.2) is 5.01 Å². The van der Waals surface area contributed by atoms with E-state index < -0.39 is 0 Å². The summed E-state index contributed by atoms with van der Waals surface area (Å²) in [6.07, 6.45) is 0. The monoisotopic (exact) mass is 240 g/mol. The second kappa shape index (κ2) is 6.94. The van der Waals surface area contributed by atoms with Gasteiger partial charge in [0.1, 0.15) is 0 Å². The van der Waals surface area contributed by atoms with Crippen molar-refractivity contribution in [1.29, 1.82) is 0 Å². The Labute approximate surface area is 109 Å². The zero-order valence-corrected chi connectivity index (χ0v) is 10.8. The highest BCUT2D eigenvalue weighted by atomic mass is 15.5. The molecule has 0 unspecified atom stereocenters. The molecule has 0 aliphatic heterocycles. The van der Waals surface area contributed by atoms with Crippen molar-refractivity contribution < 1.29 is 0 Å². The summed E-state index contributed by atoms with van der Waals surface area (Å²) in [5.41, 5.74) is 6.07. The molecule has 0 saturated carbocycles. The molecule has 2 rings (SSSR count). The van der Waals surface area contributed by atoms with Gasteiger partial charge >= 0.3 is 0 Å². The van der Waals surface area contributed by atoms with Gasteiger partial charge < -0.3 is 0 Å². The fourth-order valence-corrected chi connectivity index (χ4v) is 2.00. The molecule has 2 heteroatoms. The second-order valence-corrected chi connectivity index (χ2v) is 4.34. The molecule has 0 aliphatic rings. The Morgan fingerprint density at radius 2 is 1.22 bits per heavy atom. The van der Waals surface area contributed by atoms with E-state index in [1.54, 1.807) is 0 Å². The Kier molecular flexibility index (Phi) is 4.94. The molecule has 2 aromatic carbocycles. The molecule has 0 radical (unpaired) electrons. The van der Waals surface area contributed by atoms with E-state index >= 15 is 0 Å². The predicted molar refractivity (Wildman–Crippen MR) is 75.8 cm³/mol. The summed E-state index contributed by atoms with van der Waals surface area (Å²) in [4.78, 5) is 0. The van der Waals surface area contributed by atoms with Gasteiger partial charge in [-0.2, -0.15) is 0 Å². The standard InChI is InChI=1S/C16H20N2/c1-2-17-18(13-15-9-5-3-6-10-15)14-16-11-7-4-8-12-16/h3-12,17H,2,13-14H2,1H3. The molecule has 0 spiro atoms. The Morgan fingerprint density at radius 1 is 0.778 bits per heavy atom. The molecule has 1 N–H and O–H groups in total. The van der Waals surface area contributed by atoms with Crippen LogP contribution in [0.2, 0.25) is 0 Å². The average molecular weight is 240 g/mol. The van der Waals surface area contributed by atoms with Gasteiger partial charge in [0.25, 0.3) is 0 Å². The van der Waals surface area contributed by atoms with Crippen LogP contribution in [0.25, 0.3) is 0 Å². The lowest BCUT2D eigenvalue weighted by atomic mass is 10.2. The van der Waals surface area contributed by atoms with Crippen LogP contribution in [0.5, 0.6) is 0 Å². The first-order valence-electron chi connectivity index (χ1n) is 6.45. The number of rotatable bonds is 6. The normalized spacial score (nSPS) is 10.8. The minimum absolute atomic E-state index is 0.920. The molecular formula is C16H20N2. The summed E-state index contributed by atoms with van der Waals surface area (Å²) >= 11 is 0. The van der Waals surface area contributed by atoms with E-state index in [2.05, 4.69) is 78.0 Å². The lowest BCUT2D eigenvalue weighted by Gasteiger charge is -2.22. The minimum atomic E-state index is 0.920. The van der Waals surface area contributed by atoms with E-state index in [1.807, 2.05) is 0 Å². The molecule has 2 nitrogen and oxygen atoms in total. The van der Waals surface area contributed by atoms with Crippen molar-refractivity contribution in [3.63, 3.8) is 0 Å². The van der Waals surface area contributed by atoms with Crippen molar-refractivity contribution in [2.45, 2.75) is 20.0 Å². The third kappa shape index (κ3) is 3.99. The molecule has 0 aliphatic carbocycles. The molecule has 0 aromatic heterocycles. The Hall–Kier alpha value is -1.64. The minimum Gasteiger partial charge on any atom is -0.255 e. The summed E-state index contributed by atoms with van der Waals surface area (Å²) in [5.74, 6) is 0. The summed E-state index contributed by atoms with van der Waals surface area (Å²) in [7, 11) is 0. The number of hydrazine groups is 1. The van der Waals surface area contributed by atoms with E-state index in [0.717, 1.165) is 19.6 Å². The van der Waals surface area contributed by atoms with E-state index in [-0.39, 0.29) is 0 Å². The zero-order chi connectivity index (χ0) is 12.6. The van der Waals surface area contributed by atoms with Crippen molar-refractivity contribution in [2.75, 3.05) is 6.54 Å². The molecule has 0 heterocycles. The van der Waals surface area contributed by atoms with Crippen molar-refractivity contribution in [2.24, 2.45) is 0 Å². The maximum atomic E-state index is 3.41. The van der Waals surface area contributed by atoms with Crippen molar-refractivity contribution in [3.05, 3.63) is 71.8 Å². The first-order chi connectivity index (χ1) is 8.88. The predicted octanol–water partition coefficient (Wildman–Crippen LogP) is 3.21. The molecule has 0 bridgehead atoms. The Bertz CT molecular complexity index is 398. The van der Waals surface area contributed by atoms with Gasteiger partial charge in [0.05, 0.1) is 0 Å². The number of hydrogen-bond donors (Lipinski definition) is 1. The zero-order valence-electron chi connectivity index (χ0n) is 10.8. The van der Waals surface area contributed by atoms with Crippen LogP contribution in [-0.4, -0.2) is 11.6 Å². The molecule has 0 saturated heterocycles. The van der Waals surface area contributed by atoms with E-state index in [4.69, 9.17) is 0 Å². The van der Waals surface area contributed by atoms with E-state index in [0.29, 0.717) is 0 Å². The highest BCUT2D eigenvalue weighted by Crippen LogP contribution is 2.07. The summed E-state index contributed by atoms with van der Waals surface area (Å²) in [6.45, 7) is 4.91. The van der Waals surface area contributed by atoms with Crippen LogP contribution >= 0.6 is 0 Å². The lowest BCUT2D eigenvalue weighted by Crippen LogP contribution is -2.36. The average Bonchev–Trinajstić information content (AvgIpc) is 2.41. The fourth-order valence-electron chi connectivity index (χ4n) is 2.00. The van der Waals surface area contributed by atoms with Gasteiger partial charge in [0.2, 0.25) is 0 Å². The van der Waals surface area contributed by atoms with Crippen molar-refractivity contribution >= 4 is 0 Å². The SMILES string of the molecule is CCNN(Cc1ccccc1)Cc1ccccc1. The highest BCUT2D eigenvalue weighted by molar-refractivity contribution is 5.16. The summed E-state index contributed by atoms with van der Waals surface area (Å²) in [5, 5.41) is 2.25. The van der Waals surface area contributed by atoms with E-state index in [1.165, 1.54) is 11.1 Å². The number of nitrogens with one attached hydrogen (secondary N) is 1. The maximum Gasteiger partial charge on any atom is 0.0385 e. The summed E-state index contributed by atoms with van der Waals surface area (Å²) < 4.78 is 0. The van der Waals surface area contributed by atoms with E-state index in [9.17, 15) is 0 Å². The maximum absolute atomic E-state index is 3.41. The molecule has 0 atom stereocenters. The molecule has 0 fully saturated rings. The molecule has 18 heavy (non-hydrogen) atoms. The van der Waals surface area contributed by atoms with Crippen LogP contribution < -0.4 is 5.43 Å². The lowest BCUT2D eigenvalue weighted by molar-refractivity contribution is 0.173. The van der Waals surface area contributed by atoms with Crippen molar-refractivity contribution in [3.8, 4) is 0 Å². The molecular weight excluding hydrogens is 220 g/mol. The topological polar surface area (TPSA) is 15.3 Å². The molecule has 94 valence electrons. The second-order valence-electron chi connectivity index (χ2n) is 4.34. The third-order valence-electron chi connectivity index (χ3n) is 2.81. The Morgan fingerprint density at radius 3 is 1.61 bits per heavy atom. The number of nitrogens with zero attached hydrogens (tertiary/aromatic N) is 1. The quantitative estimate of drug-likeness (QED) is 0.780. The number of hydrogen-bond acceptors (Lipinski definition) is 2. The first-order valence-corrected chi connectivity index (χ1v) is 6.45. The summed E-state index contributed by atoms with van der Waals surface area (Å²) in [6, 6.07) is 21.1. The van der Waals surface area contributed by atoms with Crippen LogP contribution in [-0.2, 0) is 13.1 Å². The van der Waals surface area contributed by atoms with Crippen LogP contribution in [0.15, 0.2) is 60.7 Å². The van der Waals surface area contributed by atoms with Crippen LogP contribution in [0.4, 0.5) is 0 Å². The number of benzene rings is 2. The smallest absolute Gasteiger partial charge is 0.0385 e. The van der Waals surface area contributed by atoms with Gasteiger partial charge in [-0.15, -0.1) is 0 Å². The first kappa shape index (κ1) is 12.8. The van der Waals surface area contributed by atoms with Gasteiger partial charge in [0.15, 0.2) is 0 Å². The fraction of sp³-hybridized carbons (Fsp3) is 0.250. The highest BCUT2D eigenvalue weighted by Gasteiger charge is 2.05. The third-order valence-corrected chi connectivity index (χ3v) is 2.81. The molecule has 0 amide bonds.